The first-order valence-electron chi connectivity index (χ1n) is 9.72. The molecule has 0 fully saturated rings. The van der Waals surface area contributed by atoms with Crippen molar-refractivity contribution in [3.63, 3.8) is 0 Å². The molecule has 0 saturated carbocycles. The number of ether oxygens (including phenoxy) is 2. The van der Waals surface area contributed by atoms with Crippen LogP contribution in [-0.4, -0.2) is 5.97 Å². The van der Waals surface area contributed by atoms with E-state index in [4.69, 9.17) is 13.9 Å². The van der Waals surface area contributed by atoms with Crippen LogP contribution in [0.4, 0.5) is 0 Å². The van der Waals surface area contributed by atoms with Gasteiger partial charge in [-0.15, -0.1) is 0 Å². The van der Waals surface area contributed by atoms with Crippen LogP contribution in [-0.2, 0) is 4.79 Å². The summed E-state index contributed by atoms with van der Waals surface area (Å²) in [7, 11) is 0. The smallest absolute Gasteiger partial charge is 0.354 e. The molecule has 0 radical (unpaired) electrons. The average Bonchev–Trinajstić information content (AvgIpc) is 2.80. The van der Waals surface area contributed by atoms with E-state index in [0.717, 1.165) is 5.56 Å². The Hall–Kier alpha value is -4.63. The third-order valence-electron chi connectivity index (χ3n) is 4.59. The molecule has 3 aromatic carbocycles. The third kappa shape index (κ3) is 4.58. The Kier molecular flexibility index (Phi) is 5.82. The van der Waals surface area contributed by atoms with E-state index >= 15 is 0 Å². The van der Waals surface area contributed by atoms with Gasteiger partial charge in [0.25, 0.3) is 0 Å². The van der Waals surface area contributed by atoms with Gasteiger partial charge in [-0.25, -0.2) is 4.79 Å². The van der Waals surface area contributed by atoms with Gasteiger partial charge in [-0.2, -0.15) is 5.26 Å². The Balaban J connectivity index is 1.57. The molecule has 0 aliphatic heterocycles. The molecule has 0 aliphatic rings. The van der Waals surface area contributed by atoms with Gasteiger partial charge in [0.05, 0.1) is 5.39 Å². The number of nitrogens with zero attached hydrogens (tertiary/aromatic N) is 1. The summed E-state index contributed by atoms with van der Waals surface area (Å²) >= 11 is 0. The first-order chi connectivity index (χ1) is 15.5. The van der Waals surface area contributed by atoms with Crippen LogP contribution in [0.15, 0.2) is 93.8 Å². The molecular weight excluding hydrogens is 406 g/mol. The van der Waals surface area contributed by atoms with Crippen molar-refractivity contribution in [1.29, 1.82) is 5.26 Å². The van der Waals surface area contributed by atoms with E-state index in [2.05, 4.69) is 0 Å². The molecule has 156 valence electrons. The maximum absolute atomic E-state index is 12.8. The second-order valence-corrected chi connectivity index (χ2v) is 6.98. The van der Waals surface area contributed by atoms with E-state index in [1.165, 1.54) is 30.5 Å². The van der Waals surface area contributed by atoms with Crippen LogP contribution in [0.3, 0.4) is 0 Å². The summed E-state index contributed by atoms with van der Waals surface area (Å²) in [5.74, 6) is -0.0912. The van der Waals surface area contributed by atoms with Crippen molar-refractivity contribution in [3.8, 4) is 23.3 Å². The number of benzene rings is 3. The van der Waals surface area contributed by atoms with E-state index in [9.17, 15) is 14.9 Å². The molecule has 0 aliphatic carbocycles. The second kappa shape index (κ2) is 9.02. The number of hydrogen-bond acceptors (Lipinski definition) is 6. The minimum Gasteiger partial charge on any atom is -0.460 e. The van der Waals surface area contributed by atoms with Gasteiger partial charge < -0.3 is 13.9 Å². The summed E-state index contributed by atoms with van der Waals surface area (Å²) in [6.45, 7) is 1.92. The SMILES string of the molecule is Cc1cccc(Oc2coc3cc(OC(=O)/C(C#N)=C/c4ccccc4)ccc3c2=O)c1. The summed E-state index contributed by atoms with van der Waals surface area (Å²) in [5.41, 5.74) is 1.42. The highest BCUT2D eigenvalue weighted by Crippen LogP contribution is 2.25. The van der Waals surface area contributed by atoms with Crippen LogP contribution in [0.1, 0.15) is 11.1 Å². The highest BCUT2D eigenvalue weighted by Gasteiger charge is 2.15. The average molecular weight is 423 g/mol. The topological polar surface area (TPSA) is 89.5 Å². The summed E-state index contributed by atoms with van der Waals surface area (Å²) in [5, 5.41) is 9.59. The molecule has 0 saturated heterocycles. The standard InChI is InChI=1S/C26H17NO5/c1-17-6-5-9-20(12-17)31-24-16-30-23-14-21(10-11-22(23)25(24)28)32-26(29)19(15-27)13-18-7-3-2-4-8-18/h2-14,16H,1H3/b19-13+. The molecule has 0 N–H and O–H groups in total. The largest absolute Gasteiger partial charge is 0.460 e. The first kappa shape index (κ1) is 20.6. The van der Waals surface area contributed by atoms with Crippen LogP contribution in [0.25, 0.3) is 17.0 Å². The first-order valence-corrected chi connectivity index (χ1v) is 9.72. The Morgan fingerprint density at radius 3 is 2.56 bits per heavy atom. The van der Waals surface area contributed by atoms with Crippen molar-refractivity contribution in [2.24, 2.45) is 0 Å². The molecule has 0 unspecified atom stereocenters. The van der Waals surface area contributed by atoms with Crippen LogP contribution in [0, 0.1) is 18.3 Å². The summed E-state index contributed by atoms with van der Waals surface area (Å²) < 4.78 is 16.5. The highest BCUT2D eigenvalue weighted by atomic mass is 16.5. The maximum Gasteiger partial charge on any atom is 0.354 e. The lowest BCUT2D eigenvalue weighted by atomic mass is 10.1. The van der Waals surface area contributed by atoms with Crippen LogP contribution < -0.4 is 14.9 Å². The predicted molar refractivity (Wildman–Crippen MR) is 119 cm³/mol. The van der Waals surface area contributed by atoms with Crippen molar-refractivity contribution in [3.05, 3.63) is 106 Å². The van der Waals surface area contributed by atoms with E-state index in [1.807, 2.05) is 37.3 Å². The normalized spacial score (nSPS) is 11.1. The van der Waals surface area contributed by atoms with Crippen LogP contribution in [0.5, 0.6) is 17.2 Å². The fourth-order valence-electron chi connectivity index (χ4n) is 3.05. The Morgan fingerprint density at radius 2 is 1.81 bits per heavy atom. The number of carbonyl (C=O) groups excluding carboxylic acids is 1. The molecule has 0 bridgehead atoms. The number of carbonyl (C=O) groups is 1. The highest BCUT2D eigenvalue weighted by molar-refractivity contribution is 5.99. The van der Waals surface area contributed by atoms with Gasteiger partial charge in [-0.05, 0) is 48.4 Å². The third-order valence-corrected chi connectivity index (χ3v) is 4.59. The van der Waals surface area contributed by atoms with Crippen molar-refractivity contribution >= 4 is 23.0 Å². The summed E-state index contributed by atoms with van der Waals surface area (Å²) in [4.78, 5) is 25.2. The van der Waals surface area contributed by atoms with Gasteiger partial charge in [-0.3, -0.25) is 4.79 Å². The Labute approximate surface area is 183 Å². The van der Waals surface area contributed by atoms with Gasteiger partial charge in [-0.1, -0.05) is 42.5 Å². The zero-order valence-corrected chi connectivity index (χ0v) is 17.1. The quantitative estimate of drug-likeness (QED) is 0.185. The number of rotatable bonds is 5. The van der Waals surface area contributed by atoms with E-state index < -0.39 is 5.97 Å². The lowest BCUT2D eigenvalue weighted by molar-refractivity contribution is -0.129. The van der Waals surface area contributed by atoms with Gasteiger partial charge in [0.2, 0.25) is 11.2 Å². The van der Waals surface area contributed by atoms with Crippen molar-refractivity contribution in [2.75, 3.05) is 0 Å². The molecule has 6 heteroatoms. The minimum atomic E-state index is -0.808. The molecule has 32 heavy (non-hydrogen) atoms. The fourth-order valence-corrected chi connectivity index (χ4v) is 3.05. The second-order valence-electron chi connectivity index (χ2n) is 6.98. The summed E-state index contributed by atoms with van der Waals surface area (Å²) in [6.07, 6.45) is 2.66. The van der Waals surface area contributed by atoms with Crippen LogP contribution >= 0.6 is 0 Å². The van der Waals surface area contributed by atoms with Gasteiger partial charge >= 0.3 is 5.97 Å². The zero-order valence-electron chi connectivity index (χ0n) is 17.1. The number of fused-ring (bicyclic) bond motifs is 1. The van der Waals surface area contributed by atoms with Gasteiger partial charge in [0.15, 0.2) is 0 Å². The molecule has 0 spiro atoms. The molecular formula is C26H17NO5. The van der Waals surface area contributed by atoms with E-state index in [1.54, 1.807) is 30.3 Å². The fraction of sp³-hybridized carbons (Fsp3) is 0.0385. The van der Waals surface area contributed by atoms with E-state index in [0.29, 0.717) is 11.3 Å². The molecule has 4 rings (SSSR count). The molecule has 0 atom stereocenters. The maximum atomic E-state index is 12.8. The predicted octanol–water partition coefficient (Wildman–Crippen LogP) is 5.41. The zero-order chi connectivity index (χ0) is 22.5. The van der Waals surface area contributed by atoms with Crippen molar-refractivity contribution < 1.29 is 18.7 Å². The number of nitriles is 1. The molecule has 1 aromatic heterocycles. The summed E-state index contributed by atoms with van der Waals surface area (Å²) in [6, 6.07) is 22.5. The monoisotopic (exact) mass is 423 g/mol. The Bertz CT molecular complexity index is 1430. The molecule has 4 aromatic rings. The van der Waals surface area contributed by atoms with Gasteiger partial charge in [0.1, 0.15) is 35.0 Å². The number of aryl methyl sites for hydroxylation is 1. The number of hydrogen-bond donors (Lipinski definition) is 0. The van der Waals surface area contributed by atoms with Gasteiger partial charge in [0, 0.05) is 6.07 Å². The number of esters is 1. The lowest BCUT2D eigenvalue weighted by Crippen LogP contribution is -2.10. The molecule has 0 amide bonds. The van der Waals surface area contributed by atoms with Crippen LogP contribution in [0.2, 0.25) is 0 Å². The van der Waals surface area contributed by atoms with E-state index in [-0.39, 0.29) is 33.5 Å². The molecule has 1 heterocycles. The Morgan fingerprint density at radius 1 is 1.00 bits per heavy atom. The lowest BCUT2D eigenvalue weighted by Gasteiger charge is -2.07. The minimum absolute atomic E-state index is 0.0467. The van der Waals surface area contributed by atoms with Crippen molar-refractivity contribution in [2.45, 2.75) is 6.92 Å². The van der Waals surface area contributed by atoms with Crippen molar-refractivity contribution in [1.82, 2.24) is 0 Å². The molecule has 6 nitrogen and oxygen atoms in total.